The van der Waals surface area contributed by atoms with Crippen molar-refractivity contribution in [3.8, 4) is 0 Å². The summed E-state index contributed by atoms with van der Waals surface area (Å²) in [4.78, 5) is 24.7. The van der Waals surface area contributed by atoms with E-state index in [9.17, 15) is 9.59 Å². The van der Waals surface area contributed by atoms with Gasteiger partial charge in [0.15, 0.2) is 11.6 Å². The molecule has 0 saturated heterocycles. The number of Topliss-reactive ketones (excluding diaryl/α,β-unsaturated/α-hetero) is 2. The van der Waals surface area contributed by atoms with Crippen LogP contribution in [0, 0.1) is 0 Å². The molecule has 3 rings (SSSR count). The second-order valence-corrected chi connectivity index (χ2v) is 6.63. The Morgan fingerprint density at radius 1 is 0.643 bits per heavy atom. The molecule has 138 valence electrons. The minimum absolute atomic E-state index is 0.183. The van der Waals surface area contributed by atoms with Crippen LogP contribution in [0.1, 0.15) is 19.4 Å². The molecule has 28 heavy (non-hydrogen) atoms. The van der Waals surface area contributed by atoms with Crippen LogP contribution in [0.25, 0.3) is 5.70 Å². The fourth-order valence-electron chi connectivity index (χ4n) is 3.30. The SMILES string of the molecule is CC(=O)C(C(C)=O)=C(NB(c1ccccc1)c1ccccc1)c1ccccc1. The lowest BCUT2D eigenvalue weighted by molar-refractivity contribution is -0.119. The lowest BCUT2D eigenvalue weighted by Gasteiger charge is -2.22. The summed E-state index contributed by atoms with van der Waals surface area (Å²) in [7, 11) is 0. The summed E-state index contributed by atoms with van der Waals surface area (Å²) >= 11 is 0. The summed E-state index contributed by atoms with van der Waals surface area (Å²) in [5.41, 5.74) is 3.64. The first-order chi connectivity index (χ1) is 13.6. The molecule has 0 amide bonds. The third kappa shape index (κ3) is 4.47. The Morgan fingerprint density at radius 3 is 1.43 bits per heavy atom. The van der Waals surface area contributed by atoms with E-state index in [4.69, 9.17) is 0 Å². The highest BCUT2D eigenvalue weighted by Gasteiger charge is 2.25. The number of hydrogen-bond donors (Lipinski definition) is 1. The maximum absolute atomic E-state index is 12.3. The minimum Gasteiger partial charge on any atom is -0.419 e. The fraction of sp³-hybridized carbons (Fsp3) is 0.0833. The molecule has 0 saturated carbocycles. The number of allylic oxidation sites excluding steroid dienone is 1. The molecule has 1 N–H and O–H groups in total. The van der Waals surface area contributed by atoms with Crippen molar-refractivity contribution in [2.75, 3.05) is 0 Å². The van der Waals surface area contributed by atoms with Crippen molar-refractivity contribution in [2.45, 2.75) is 13.8 Å². The zero-order chi connectivity index (χ0) is 19.9. The van der Waals surface area contributed by atoms with Gasteiger partial charge < -0.3 is 5.23 Å². The van der Waals surface area contributed by atoms with Crippen LogP contribution in [0.15, 0.2) is 96.6 Å². The average molecular weight is 367 g/mol. The molecule has 0 aromatic heterocycles. The monoisotopic (exact) mass is 367 g/mol. The number of hydrogen-bond acceptors (Lipinski definition) is 3. The Morgan fingerprint density at radius 2 is 1.04 bits per heavy atom. The van der Waals surface area contributed by atoms with Gasteiger partial charge in [0.05, 0.1) is 5.57 Å². The third-order valence-corrected chi connectivity index (χ3v) is 4.57. The predicted octanol–water partition coefficient (Wildman–Crippen LogP) is 2.97. The highest BCUT2D eigenvalue weighted by Crippen LogP contribution is 2.18. The molecule has 0 aliphatic heterocycles. The lowest BCUT2D eigenvalue weighted by Crippen LogP contribution is -2.53. The molecular weight excluding hydrogens is 345 g/mol. The van der Waals surface area contributed by atoms with Gasteiger partial charge in [-0.2, -0.15) is 0 Å². The summed E-state index contributed by atoms with van der Waals surface area (Å²) < 4.78 is 0. The van der Waals surface area contributed by atoms with Crippen molar-refractivity contribution in [3.05, 3.63) is 102 Å². The molecule has 0 aliphatic carbocycles. The van der Waals surface area contributed by atoms with Gasteiger partial charge in [-0.25, -0.2) is 0 Å². The maximum Gasteiger partial charge on any atom is 0.320 e. The van der Waals surface area contributed by atoms with Crippen LogP contribution in [0.4, 0.5) is 0 Å². The van der Waals surface area contributed by atoms with Crippen molar-refractivity contribution in [1.82, 2.24) is 5.23 Å². The van der Waals surface area contributed by atoms with Gasteiger partial charge >= 0.3 is 6.85 Å². The largest absolute Gasteiger partial charge is 0.419 e. The average Bonchev–Trinajstić information content (AvgIpc) is 2.72. The molecule has 0 unspecified atom stereocenters. The van der Waals surface area contributed by atoms with E-state index in [0.717, 1.165) is 16.5 Å². The van der Waals surface area contributed by atoms with E-state index < -0.39 is 0 Å². The quantitative estimate of drug-likeness (QED) is 0.302. The van der Waals surface area contributed by atoms with Crippen molar-refractivity contribution < 1.29 is 9.59 Å². The van der Waals surface area contributed by atoms with Crippen molar-refractivity contribution in [2.24, 2.45) is 0 Å². The number of nitrogens with one attached hydrogen (secondary N) is 1. The van der Waals surface area contributed by atoms with E-state index >= 15 is 0 Å². The number of carbonyl (C=O) groups is 2. The Bertz CT molecular complexity index is 927. The van der Waals surface area contributed by atoms with E-state index in [1.165, 1.54) is 13.8 Å². The Balaban J connectivity index is 2.18. The number of carbonyl (C=O) groups excluding carboxylic acids is 2. The van der Waals surface area contributed by atoms with Crippen molar-refractivity contribution in [1.29, 1.82) is 0 Å². The summed E-state index contributed by atoms with van der Waals surface area (Å²) in [5.74, 6) is -0.502. The van der Waals surface area contributed by atoms with E-state index in [2.05, 4.69) is 5.23 Å². The van der Waals surface area contributed by atoms with Crippen molar-refractivity contribution >= 4 is 35.0 Å². The van der Waals surface area contributed by atoms with Crippen molar-refractivity contribution in [3.63, 3.8) is 0 Å². The van der Waals surface area contributed by atoms with E-state index in [1.807, 2.05) is 91.0 Å². The third-order valence-electron chi connectivity index (χ3n) is 4.57. The van der Waals surface area contributed by atoms with Gasteiger partial charge in [0.25, 0.3) is 0 Å². The molecule has 0 radical (unpaired) electrons. The second kappa shape index (κ2) is 9.00. The van der Waals surface area contributed by atoms with Gasteiger partial charge in [0.2, 0.25) is 0 Å². The lowest BCUT2D eigenvalue weighted by atomic mass is 9.50. The minimum atomic E-state index is -0.251. The van der Waals surface area contributed by atoms with Gasteiger partial charge in [-0.15, -0.1) is 0 Å². The molecule has 0 atom stereocenters. The molecule has 4 heteroatoms. The summed E-state index contributed by atoms with van der Waals surface area (Å²) in [6.45, 7) is 2.66. The topological polar surface area (TPSA) is 46.2 Å². The Labute approximate surface area is 166 Å². The molecular formula is C24H22BNO2. The number of benzene rings is 3. The normalized spacial score (nSPS) is 10.1. The van der Waals surface area contributed by atoms with Gasteiger partial charge in [-0.1, -0.05) is 102 Å². The second-order valence-electron chi connectivity index (χ2n) is 6.63. The van der Waals surface area contributed by atoms with Crippen LogP contribution >= 0.6 is 0 Å². The zero-order valence-corrected chi connectivity index (χ0v) is 16.1. The molecule has 0 spiro atoms. The van der Waals surface area contributed by atoms with Crippen LogP contribution in [0.2, 0.25) is 0 Å². The highest BCUT2D eigenvalue weighted by molar-refractivity contribution is 6.84. The first-order valence-electron chi connectivity index (χ1n) is 9.26. The summed E-state index contributed by atoms with van der Waals surface area (Å²) in [6.07, 6.45) is 0. The zero-order valence-electron chi connectivity index (χ0n) is 16.1. The molecule has 0 aliphatic rings. The summed E-state index contributed by atoms with van der Waals surface area (Å²) in [6, 6.07) is 29.5. The van der Waals surface area contributed by atoms with E-state index in [-0.39, 0.29) is 24.0 Å². The molecule has 0 heterocycles. The van der Waals surface area contributed by atoms with Gasteiger partial charge in [-0.3, -0.25) is 9.59 Å². The van der Waals surface area contributed by atoms with Crippen LogP contribution in [-0.2, 0) is 9.59 Å². The van der Waals surface area contributed by atoms with Gasteiger partial charge in [0, 0.05) is 5.70 Å². The molecule has 0 fully saturated rings. The van der Waals surface area contributed by atoms with Gasteiger partial charge in [-0.05, 0) is 19.4 Å². The fourth-order valence-corrected chi connectivity index (χ4v) is 3.30. The van der Waals surface area contributed by atoms with E-state index in [1.54, 1.807) is 0 Å². The van der Waals surface area contributed by atoms with Crippen LogP contribution in [0.5, 0.6) is 0 Å². The number of ketones is 2. The predicted molar refractivity (Wildman–Crippen MR) is 116 cm³/mol. The molecule has 3 nitrogen and oxygen atoms in total. The van der Waals surface area contributed by atoms with E-state index in [0.29, 0.717) is 5.70 Å². The Kier molecular flexibility index (Phi) is 6.23. The number of rotatable bonds is 7. The van der Waals surface area contributed by atoms with Crippen LogP contribution in [0.3, 0.4) is 0 Å². The first kappa shape index (κ1) is 19.4. The Hall–Kier alpha value is -3.40. The maximum atomic E-state index is 12.3. The standard InChI is InChI=1S/C24H22BNO2/c1-18(27)23(19(2)28)24(20-12-6-3-7-13-20)26-25(21-14-8-4-9-15-21)22-16-10-5-11-17-22/h3-17,26H,1-2H3. The first-order valence-corrected chi connectivity index (χ1v) is 9.26. The molecule has 3 aromatic rings. The summed E-state index contributed by atoms with van der Waals surface area (Å²) in [5, 5.41) is 3.50. The highest BCUT2D eigenvalue weighted by atomic mass is 16.1. The smallest absolute Gasteiger partial charge is 0.320 e. The molecule has 3 aromatic carbocycles. The van der Waals surface area contributed by atoms with Crippen LogP contribution < -0.4 is 16.2 Å². The molecule has 0 bridgehead atoms. The van der Waals surface area contributed by atoms with Crippen LogP contribution in [-0.4, -0.2) is 18.4 Å². The van der Waals surface area contributed by atoms with Gasteiger partial charge in [0.1, 0.15) is 0 Å².